The number of urea groups is 1. The summed E-state index contributed by atoms with van der Waals surface area (Å²) in [6.07, 6.45) is 0. The van der Waals surface area contributed by atoms with Gasteiger partial charge in [-0.25, -0.2) is 9.18 Å². The van der Waals surface area contributed by atoms with Crippen molar-refractivity contribution in [3.05, 3.63) is 29.6 Å². The van der Waals surface area contributed by atoms with Crippen LogP contribution in [0, 0.1) is 5.82 Å². The minimum absolute atomic E-state index is 0.228. The molecule has 5 heteroatoms. The summed E-state index contributed by atoms with van der Waals surface area (Å²) < 4.78 is 14.0. The Morgan fingerprint density at radius 2 is 1.90 bits per heavy atom. The van der Waals surface area contributed by atoms with Crippen molar-refractivity contribution in [2.45, 2.75) is 19.8 Å². The van der Waals surface area contributed by atoms with Crippen LogP contribution < -0.4 is 5.32 Å². The first kappa shape index (κ1) is 14.8. The number of piperazine rings is 1. The summed E-state index contributed by atoms with van der Waals surface area (Å²) >= 11 is 0. The Balaban J connectivity index is 2.01. The summed E-state index contributed by atoms with van der Waals surface area (Å²) in [5.41, 5.74) is 1.18. The summed E-state index contributed by atoms with van der Waals surface area (Å²) in [7, 11) is 2.03. The van der Waals surface area contributed by atoms with Gasteiger partial charge in [-0.05, 0) is 30.7 Å². The number of likely N-dealkylation sites (N-methyl/N-ethyl adjacent to an activating group) is 1. The van der Waals surface area contributed by atoms with Crippen LogP contribution in [0.2, 0.25) is 0 Å². The molecule has 20 heavy (non-hydrogen) atoms. The fraction of sp³-hybridized carbons (Fsp3) is 0.533. The first-order valence-electron chi connectivity index (χ1n) is 7.01. The lowest BCUT2D eigenvalue weighted by atomic mass is 10.0. The molecule has 1 aliphatic rings. The molecule has 1 aromatic carbocycles. The van der Waals surface area contributed by atoms with Crippen LogP contribution in [0.5, 0.6) is 0 Å². The average molecular weight is 279 g/mol. The van der Waals surface area contributed by atoms with Crippen LogP contribution in [0.25, 0.3) is 0 Å². The van der Waals surface area contributed by atoms with E-state index in [4.69, 9.17) is 0 Å². The smallest absolute Gasteiger partial charge is 0.322 e. The van der Waals surface area contributed by atoms with Crippen molar-refractivity contribution in [1.82, 2.24) is 9.80 Å². The lowest BCUT2D eigenvalue weighted by molar-refractivity contribution is 0.164. The molecular weight excluding hydrogens is 257 g/mol. The Hall–Kier alpha value is -1.62. The maximum Gasteiger partial charge on any atom is 0.322 e. The summed E-state index contributed by atoms with van der Waals surface area (Å²) in [6.45, 7) is 7.07. The number of hydrogen-bond acceptors (Lipinski definition) is 2. The molecule has 1 heterocycles. The molecule has 0 unspecified atom stereocenters. The third-order valence-electron chi connectivity index (χ3n) is 3.69. The third-order valence-corrected chi connectivity index (χ3v) is 3.69. The van der Waals surface area contributed by atoms with E-state index in [-0.39, 0.29) is 23.5 Å². The first-order valence-corrected chi connectivity index (χ1v) is 7.01. The minimum Gasteiger partial charge on any atom is -0.322 e. The number of rotatable bonds is 2. The Labute approximate surface area is 119 Å². The summed E-state index contributed by atoms with van der Waals surface area (Å²) in [5, 5.41) is 2.65. The van der Waals surface area contributed by atoms with E-state index in [0.29, 0.717) is 13.1 Å². The Kier molecular flexibility index (Phi) is 4.60. The number of benzene rings is 1. The minimum atomic E-state index is -0.376. The van der Waals surface area contributed by atoms with Gasteiger partial charge in [-0.2, -0.15) is 0 Å². The monoisotopic (exact) mass is 279 g/mol. The van der Waals surface area contributed by atoms with Crippen LogP contribution in [0.4, 0.5) is 14.9 Å². The maximum atomic E-state index is 14.0. The zero-order chi connectivity index (χ0) is 14.7. The van der Waals surface area contributed by atoms with Crippen molar-refractivity contribution in [3.8, 4) is 0 Å². The Morgan fingerprint density at radius 3 is 2.45 bits per heavy atom. The molecule has 0 spiro atoms. The number of carbonyl (C=O) groups is 1. The van der Waals surface area contributed by atoms with E-state index >= 15 is 0 Å². The molecule has 1 aliphatic heterocycles. The number of hydrogen-bond donors (Lipinski definition) is 1. The third kappa shape index (κ3) is 3.48. The first-order chi connectivity index (χ1) is 9.47. The van der Waals surface area contributed by atoms with Crippen LogP contribution in [0.3, 0.4) is 0 Å². The molecule has 1 aromatic rings. The summed E-state index contributed by atoms with van der Waals surface area (Å²) in [4.78, 5) is 16.0. The number of halogens is 1. The van der Waals surface area contributed by atoms with Crippen LogP contribution >= 0.6 is 0 Å². The predicted octanol–water partition coefficient (Wildman–Crippen LogP) is 2.73. The zero-order valence-electron chi connectivity index (χ0n) is 12.3. The second-order valence-corrected chi connectivity index (χ2v) is 5.61. The second kappa shape index (κ2) is 6.22. The molecule has 0 radical (unpaired) electrons. The molecule has 110 valence electrons. The van der Waals surface area contributed by atoms with Crippen LogP contribution in [0.1, 0.15) is 25.3 Å². The molecule has 1 N–H and O–H groups in total. The summed E-state index contributed by atoms with van der Waals surface area (Å²) in [5.74, 6) is -0.106. The highest BCUT2D eigenvalue weighted by molar-refractivity contribution is 5.89. The highest BCUT2D eigenvalue weighted by Crippen LogP contribution is 2.21. The molecule has 0 aliphatic carbocycles. The largest absolute Gasteiger partial charge is 0.322 e. The SMILES string of the molecule is CC(C)c1ccc(NC(=O)N2CCN(C)CC2)c(F)c1. The highest BCUT2D eigenvalue weighted by atomic mass is 19.1. The maximum absolute atomic E-state index is 14.0. The van der Waals surface area contributed by atoms with E-state index in [0.717, 1.165) is 18.7 Å². The van der Waals surface area contributed by atoms with Gasteiger partial charge in [0.15, 0.2) is 0 Å². The lowest BCUT2D eigenvalue weighted by Crippen LogP contribution is -2.48. The molecular formula is C15H22FN3O. The van der Waals surface area contributed by atoms with Gasteiger partial charge in [0.1, 0.15) is 5.82 Å². The molecule has 1 fully saturated rings. The fourth-order valence-electron chi connectivity index (χ4n) is 2.20. The van der Waals surface area contributed by atoms with Gasteiger partial charge in [-0.15, -0.1) is 0 Å². The quantitative estimate of drug-likeness (QED) is 0.903. The van der Waals surface area contributed by atoms with Gasteiger partial charge in [-0.1, -0.05) is 19.9 Å². The number of amides is 2. The van der Waals surface area contributed by atoms with Gasteiger partial charge in [0.25, 0.3) is 0 Å². The lowest BCUT2D eigenvalue weighted by Gasteiger charge is -2.32. The van der Waals surface area contributed by atoms with Crippen molar-refractivity contribution in [3.63, 3.8) is 0 Å². The Bertz CT molecular complexity index is 482. The molecule has 2 amide bonds. The molecule has 0 atom stereocenters. The second-order valence-electron chi connectivity index (χ2n) is 5.61. The zero-order valence-corrected chi connectivity index (χ0v) is 12.3. The van der Waals surface area contributed by atoms with Crippen molar-refractivity contribution >= 4 is 11.7 Å². The predicted molar refractivity (Wildman–Crippen MR) is 78.6 cm³/mol. The topological polar surface area (TPSA) is 35.6 Å². The normalized spacial score (nSPS) is 16.6. The number of nitrogens with one attached hydrogen (secondary N) is 1. The average Bonchev–Trinajstić information content (AvgIpc) is 2.41. The van der Waals surface area contributed by atoms with Crippen LogP contribution in [-0.4, -0.2) is 49.1 Å². The molecule has 2 rings (SSSR count). The van der Waals surface area contributed by atoms with E-state index in [9.17, 15) is 9.18 Å². The summed E-state index contributed by atoms with van der Waals surface area (Å²) in [6, 6.07) is 4.75. The van der Waals surface area contributed by atoms with Crippen LogP contribution in [0.15, 0.2) is 18.2 Å². The number of carbonyl (C=O) groups excluding carboxylic acids is 1. The number of anilines is 1. The molecule has 0 aromatic heterocycles. The van der Waals surface area contributed by atoms with Crippen molar-refractivity contribution in [2.24, 2.45) is 0 Å². The highest BCUT2D eigenvalue weighted by Gasteiger charge is 2.19. The van der Waals surface area contributed by atoms with E-state index in [1.807, 2.05) is 27.0 Å². The van der Waals surface area contributed by atoms with Gasteiger partial charge in [-0.3, -0.25) is 0 Å². The van der Waals surface area contributed by atoms with Gasteiger partial charge < -0.3 is 15.1 Å². The van der Waals surface area contributed by atoms with Crippen molar-refractivity contribution < 1.29 is 9.18 Å². The van der Waals surface area contributed by atoms with E-state index in [1.54, 1.807) is 11.0 Å². The van der Waals surface area contributed by atoms with Gasteiger partial charge >= 0.3 is 6.03 Å². The fourth-order valence-corrected chi connectivity index (χ4v) is 2.20. The van der Waals surface area contributed by atoms with E-state index in [2.05, 4.69) is 10.2 Å². The Morgan fingerprint density at radius 1 is 1.25 bits per heavy atom. The van der Waals surface area contributed by atoms with Crippen molar-refractivity contribution in [1.29, 1.82) is 0 Å². The van der Waals surface area contributed by atoms with E-state index < -0.39 is 0 Å². The van der Waals surface area contributed by atoms with E-state index in [1.165, 1.54) is 6.07 Å². The molecule has 0 saturated carbocycles. The molecule has 1 saturated heterocycles. The van der Waals surface area contributed by atoms with Crippen LogP contribution in [-0.2, 0) is 0 Å². The molecule has 0 bridgehead atoms. The standard InChI is InChI=1S/C15H22FN3O/c1-11(2)12-4-5-14(13(16)10-12)17-15(20)19-8-6-18(3)7-9-19/h4-5,10-11H,6-9H2,1-3H3,(H,17,20). The van der Waals surface area contributed by atoms with Gasteiger partial charge in [0, 0.05) is 26.2 Å². The number of nitrogens with zero attached hydrogens (tertiary/aromatic N) is 2. The van der Waals surface area contributed by atoms with Gasteiger partial charge in [0.05, 0.1) is 5.69 Å². The van der Waals surface area contributed by atoms with Crippen molar-refractivity contribution in [2.75, 3.05) is 38.5 Å². The van der Waals surface area contributed by atoms with Gasteiger partial charge in [0.2, 0.25) is 0 Å². The molecule has 4 nitrogen and oxygen atoms in total.